The summed E-state index contributed by atoms with van der Waals surface area (Å²) in [5.41, 5.74) is 2.82. The molecule has 1 unspecified atom stereocenters. The number of halogens is 1. The van der Waals surface area contributed by atoms with Crippen molar-refractivity contribution in [1.29, 1.82) is 0 Å². The summed E-state index contributed by atoms with van der Waals surface area (Å²) in [5.74, 6) is 0.597. The first-order valence-electron chi connectivity index (χ1n) is 13.5. The summed E-state index contributed by atoms with van der Waals surface area (Å²) in [5, 5.41) is 12.3. The lowest BCUT2D eigenvalue weighted by Gasteiger charge is -2.39. The molecule has 1 fully saturated rings. The van der Waals surface area contributed by atoms with Gasteiger partial charge in [-0.1, -0.05) is 0 Å². The van der Waals surface area contributed by atoms with Crippen LogP contribution >= 0.6 is 11.3 Å². The summed E-state index contributed by atoms with van der Waals surface area (Å²) in [6.07, 6.45) is 7.10. The fourth-order valence-electron chi connectivity index (χ4n) is 5.72. The zero-order valence-corrected chi connectivity index (χ0v) is 22.8. The molecule has 0 radical (unpaired) electrons. The van der Waals surface area contributed by atoms with Gasteiger partial charge in [0.05, 0.1) is 12.6 Å². The number of hydrogen-bond donors (Lipinski definition) is 1. The van der Waals surface area contributed by atoms with E-state index in [4.69, 9.17) is 4.74 Å². The molecule has 0 bridgehead atoms. The van der Waals surface area contributed by atoms with Gasteiger partial charge in [0, 0.05) is 29.4 Å². The van der Waals surface area contributed by atoms with Crippen molar-refractivity contribution < 1.29 is 19.0 Å². The minimum atomic E-state index is -1.09. The number of likely N-dealkylation sites (tertiary alicyclic amines) is 1. The van der Waals surface area contributed by atoms with Gasteiger partial charge < -0.3 is 14.7 Å². The van der Waals surface area contributed by atoms with E-state index in [1.54, 1.807) is 19.4 Å². The number of benzene rings is 1. The third kappa shape index (κ3) is 7.51. The molecular weight excluding hydrogens is 487 g/mol. The number of pyridine rings is 1. The van der Waals surface area contributed by atoms with E-state index < -0.39 is 12.1 Å². The second-order valence-electron chi connectivity index (χ2n) is 10.4. The Labute approximate surface area is 223 Å². The Kier molecular flexibility index (Phi) is 9.92. The summed E-state index contributed by atoms with van der Waals surface area (Å²) < 4.78 is 20.9. The normalized spacial score (nSPS) is 19.2. The molecule has 1 aromatic carbocycles. The highest BCUT2D eigenvalue weighted by molar-refractivity contribution is 7.10. The van der Waals surface area contributed by atoms with Crippen LogP contribution in [0.1, 0.15) is 67.1 Å². The van der Waals surface area contributed by atoms with Crippen LogP contribution < -0.4 is 4.74 Å². The van der Waals surface area contributed by atoms with Gasteiger partial charge in [-0.3, -0.25) is 9.78 Å². The van der Waals surface area contributed by atoms with Crippen LogP contribution in [-0.4, -0.2) is 47.7 Å². The number of rotatable bonds is 13. The van der Waals surface area contributed by atoms with E-state index in [0.717, 1.165) is 56.2 Å². The van der Waals surface area contributed by atoms with E-state index >= 15 is 4.39 Å². The Morgan fingerprint density at radius 1 is 1.24 bits per heavy atom. The third-order valence-corrected chi connectivity index (χ3v) is 8.99. The number of aliphatic carboxylic acids is 1. The second kappa shape index (κ2) is 13.3. The molecule has 1 aliphatic rings. The maximum absolute atomic E-state index is 15.6. The smallest absolute Gasteiger partial charge is 0.303 e. The molecule has 0 aliphatic carbocycles. The topological polar surface area (TPSA) is 62.7 Å². The minimum absolute atomic E-state index is 0.181. The van der Waals surface area contributed by atoms with E-state index in [1.165, 1.54) is 16.9 Å². The van der Waals surface area contributed by atoms with Gasteiger partial charge in [-0.2, -0.15) is 0 Å². The number of methoxy groups -OCH3 is 1. The third-order valence-electron chi connectivity index (χ3n) is 7.91. The number of thiophene rings is 1. The number of hydrogen-bond acceptors (Lipinski definition) is 5. The molecule has 1 saturated heterocycles. The molecule has 0 saturated carbocycles. The summed E-state index contributed by atoms with van der Waals surface area (Å²) in [4.78, 5) is 19.7. The second-order valence-corrected chi connectivity index (χ2v) is 11.4. The average molecular weight is 527 g/mol. The number of aryl methyl sites for hydroxylation is 2. The maximum atomic E-state index is 15.6. The van der Waals surface area contributed by atoms with Gasteiger partial charge in [0.2, 0.25) is 0 Å². The highest BCUT2D eigenvalue weighted by Gasteiger charge is 2.30. The SMILES string of the molecule is COc1ccc2nccc(C(F)CC[C@@H]3CCN(CCCCc4sccc4C)C[C@@H]3CCC(=O)O)c2c1. The van der Waals surface area contributed by atoms with Gasteiger partial charge in [-0.15, -0.1) is 11.3 Å². The number of nitrogens with zero attached hydrogens (tertiary/aromatic N) is 2. The Morgan fingerprint density at radius 2 is 2.11 bits per heavy atom. The van der Waals surface area contributed by atoms with Crippen molar-refractivity contribution >= 4 is 28.2 Å². The molecule has 0 spiro atoms. The molecule has 3 aromatic rings. The van der Waals surface area contributed by atoms with Gasteiger partial charge in [0.15, 0.2) is 0 Å². The summed E-state index contributed by atoms with van der Waals surface area (Å²) in [6.45, 7) is 5.16. The van der Waals surface area contributed by atoms with Crippen molar-refractivity contribution in [3.05, 3.63) is 57.9 Å². The maximum Gasteiger partial charge on any atom is 0.303 e. The van der Waals surface area contributed by atoms with Crippen LogP contribution in [0.25, 0.3) is 10.9 Å². The van der Waals surface area contributed by atoms with E-state index in [1.807, 2.05) is 29.5 Å². The predicted octanol–water partition coefficient (Wildman–Crippen LogP) is 7.23. The van der Waals surface area contributed by atoms with Crippen LogP contribution in [-0.2, 0) is 11.2 Å². The van der Waals surface area contributed by atoms with Crippen LogP contribution in [0, 0.1) is 18.8 Å². The zero-order chi connectivity index (χ0) is 26.2. The Morgan fingerprint density at radius 3 is 2.86 bits per heavy atom. The number of aromatic nitrogens is 1. The quantitative estimate of drug-likeness (QED) is 0.238. The Bertz CT molecular complexity index is 1170. The molecule has 3 atom stereocenters. The van der Waals surface area contributed by atoms with E-state index in [9.17, 15) is 9.90 Å². The van der Waals surface area contributed by atoms with Crippen LogP contribution in [0.15, 0.2) is 41.9 Å². The van der Waals surface area contributed by atoms with Crippen molar-refractivity contribution in [3.8, 4) is 5.75 Å². The van der Waals surface area contributed by atoms with Crippen molar-refractivity contribution in [3.63, 3.8) is 0 Å². The number of carbonyl (C=O) groups is 1. The molecule has 5 nitrogen and oxygen atoms in total. The van der Waals surface area contributed by atoms with Gasteiger partial charge in [-0.25, -0.2) is 4.39 Å². The number of carboxylic acid groups (broad SMARTS) is 1. The molecule has 37 heavy (non-hydrogen) atoms. The highest BCUT2D eigenvalue weighted by atomic mass is 32.1. The van der Waals surface area contributed by atoms with Crippen LogP contribution in [0.2, 0.25) is 0 Å². The van der Waals surface area contributed by atoms with Crippen LogP contribution in [0.5, 0.6) is 5.75 Å². The van der Waals surface area contributed by atoms with Gasteiger partial charge in [-0.05, 0) is 124 Å². The summed E-state index contributed by atoms with van der Waals surface area (Å²) in [7, 11) is 1.61. The zero-order valence-electron chi connectivity index (χ0n) is 22.0. The van der Waals surface area contributed by atoms with Crippen LogP contribution in [0.3, 0.4) is 0 Å². The predicted molar refractivity (Wildman–Crippen MR) is 148 cm³/mol. The van der Waals surface area contributed by atoms with Crippen molar-refractivity contribution in [2.45, 2.75) is 64.5 Å². The molecule has 1 aliphatic heterocycles. The number of fused-ring (bicyclic) bond motifs is 1. The van der Waals surface area contributed by atoms with Gasteiger partial charge >= 0.3 is 5.97 Å². The van der Waals surface area contributed by atoms with Crippen molar-refractivity contribution in [2.24, 2.45) is 11.8 Å². The molecule has 7 heteroatoms. The lowest BCUT2D eigenvalue weighted by molar-refractivity contribution is -0.137. The number of unbranched alkanes of at least 4 members (excludes halogenated alkanes) is 1. The van der Waals surface area contributed by atoms with Gasteiger partial charge in [0.25, 0.3) is 0 Å². The number of alkyl halides is 1. The van der Waals surface area contributed by atoms with Gasteiger partial charge in [0.1, 0.15) is 11.9 Å². The standard InChI is InChI=1S/C30H39FN2O3S/c1-21-14-18-37-29(21)5-3-4-16-33-17-13-22(23(20-33)7-11-30(34)35)6-9-27(31)25-12-15-32-28-10-8-24(36-2)19-26(25)28/h8,10,12,14-15,18-19,22-23,27H,3-7,9,11,13,16-17,20H2,1-2H3,(H,34,35)/t22-,23+,27?/m1/s1. The minimum Gasteiger partial charge on any atom is -0.497 e. The molecule has 4 rings (SSSR count). The number of piperidine rings is 1. The average Bonchev–Trinajstić information content (AvgIpc) is 3.32. The molecule has 200 valence electrons. The van der Waals surface area contributed by atoms with E-state index in [2.05, 4.69) is 28.3 Å². The van der Waals surface area contributed by atoms with E-state index in [0.29, 0.717) is 36.0 Å². The fourth-order valence-corrected chi connectivity index (χ4v) is 6.67. The monoisotopic (exact) mass is 526 g/mol. The largest absolute Gasteiger partial charge is 0.497 e. The Balaban J connectivity index is 1.32. The fraction of sp³-hybridized carbons (Fsp3) is 0.533. The summed E-state index contributed by atoms with van der Waals surface area (Å²) >= 11 is 1.84. The molecule has 2 aromatic heterocycles. The number of ether oxygens (including phenoxy) is 1. The van der Waals surface area contributed by atoms with Crippen LogP contribution in [0.4, 0.5) is 4.39 Å². The first-order chi connectivity index (χ1) is 17.9. The molecule has 3 heterocycles. The molecule has 1 N–H and O–H groups in total. The number of carboxylic acids is 1. The van der Waals surface area contributed by atoms with Crippen molar-refractivity contribution in [1.82, 2.24) is 9.88 Å². The highest BCUT2D eigenvalue weighted by Crippen LogP contribution is 2.36. The lowest BCUT2D eigenvalue weighted by Crippen LogP contribution is -2.41. The first-order valence-corrected chi connectivity index (χ1v) is 14.4. The Hall–Kier alpha value is -2.51. The summed E-state index contributed by atoms with van der Waals surface area (Å²) in [6, 6.07) is 9.53. The first kappa shape index (κ1) is 27.5. The molecular formula is C30H39FN2O3S. The van der Waals surface area contributed by atoms with E-state index in [-0.39, 0.29) is 6.42 Å². The van der Waals surface area contributed by atoms with Crippen molar-refractivity contribution in [2.75, 3.05) is 26.7 Å². The molecule has 0 amide bonds. The lowest BCUT2D eigenvalue weighted by atomic mass is 9.79.